The summed E-state index contributed by atoms with van der Waals surface area (Å²) in [6, 6.07) is 10.1. The average Bonchev–Trinajstić information content (AvgIpc) is 2.82. The maximum absolute atomic E-state index is 13.5. The van der Waals surface area contributed by atoms with Crippen LogP contribution in [-0.4, -0.2) is 42.5 Å². The number of benzene rings is 2. The van der Waals surface area contributed by atoms with Gasteiger partial charge in [-0.05, 0) is 48.5 Å². The summed E-state index contributed by atoms with van der Waals surface area (Å²) in [6.45, 7) is 3.74. The van der Waals surface area contributed by atoms with Gasteiger partial charge in [-0.3, -0.25) is 4.79 Å². The molecule has 0 spiro atoms. The van der Waals surface area contributed by atoms with Crippen LogP contribution in [0.5, 0.6) is 17.2 Å². The van der Waals surface area contributed by atoms with E-state index in [0.717, 1.165) is 24.3 Å². The summed E-state index contributed by atoms with van der Waals surface area (Å²) in [5, 5.41) is 0. The Bertz CT molecular complexity index is 1100. The van der Waals surface area contributed by atoms with Crippen LogP contribution in [0.2, 0.25) is 0 Å². The molecule has 0 aliphatic heterocycles. The molecule has 0 amide bonds. The first-order valence-corrected chi connectivity index (χ1v) is 10.1. The van der Waals surface area contributed by atoms with Crippen LogP contribution < -0.4 is 14.2 Å². The Morgan fingerprint density at radius 1 is 0.730 bits per heavy atom. The molecule has 0 radical (unpaired) electrons. The average molecular weight is 544 g/mol. The van der Waals surface area contributed by atoms with Crippen LogP contribution >= 0.6 is 0 Å². The molecule has 0 N–H and O–H groups in total. The number of hydrogen-bond donors (Lipinski definition) is 0. The summed E-state index contributed by atoms with van der Waals surface area (Å²) in [5.74, 6) is -22.1. The predicted molar refractivity (Wildman–Crippen MR) is 109 cm³/mol. The summed E-state index contributed by atoms with van der Waals surface area (Å²) in [4.78, 5) is 23.8. The molecule has 0 aliphatic carbocycles. The molecule has 14 heteroatoms. The lowest BCUT2D eigenvalue weighted by Gasteiger charge is -2.33. The molecule has 2 aromatic rings. The van der Waals surface area contributed by atoms with Crippen molar-refractivity contribution in [3.63, 3.8) is 0 Å². The third-order valence-electron chi connectivity index (χ3n) is 4.58. The van der Waals surface area contributed by atoms with Gasteiger partial charge in [0, 0.05) is 6.42 Å². The Hall–Kier alpha value is -3.71. The Morgan fingerprint density at radius 3 is 1.70 bits per heavy atom. The van der Waals surface area contributed by atoms with Crippen LogP contribution in [0.4, 0.5) is 39.5 Å². The first kappa shape index (κ1) is 29.5. The van der Waals surface area contributed by atoms with Crippen LogP contribution in [0.1, 0.15) is 23.2 Å². The van der Waals surface area contributed by atoms with E-state index in [9.17, 15) is 49.1 Å². The largest absolute Gasteiger partial charge is 0.490 e. The zero-order chi connectivity index (χ0) is 28.1. The van der Waals surface area contributed by atoms with E-state index in [1.165, 1.54) is 30.3 Å². The van der Waals surface area contributed by atoms with E-state index in [-0.39, 0.29) is 23.7 Å². The number of halogens is 9. The van der Waals surface area contributed by atoms with Crippen LogP contribution in [-0.2, 0) is 4.79 Å². The van der Waals surface area contributed by atoms with Gasteiger partial charge in [-0.15, -0.1) is 0 Å². The van der Waals surface area contributed by atoms with Gasteiger partial charge in [0.15, 0.2) is 0 Å². The molecule has 0 saturated heterocycles. The van der Waals surface area contributed by atoms with Crippen molar-refractivity contribution in [2.24, 2.45) is 0 Å². The van der Waals surface area contributed by atoms with E-state index >= 15 is 0 Å². The van der Waals surface area contributed by atoms with Crippen molar-refractivity contribution < 1.29 is 63.3 Å². The summed E-state index contributed by atoms with van der Waals surface area (Å²) < 4.78 is 131. The Kier molecular flexibility index (Phi) is 8.88. The number of alkyl halides is 9. The Morgan fingerprint density at radius 2 is 1.22 bits per heavy atom. The van der Waals surface area contributed by atoms with Gasteiger partial charge in [-0.2, -0.15) is 39.5 Å². The number of rotatable bonds is 11. The third kappa shape index (κ3) is 6.95. The quantitative estimate of drug-likeness (QED) is 0.138. The van der Waals surface area contributed by atoms with Gasteiger partial charge in [0.1, 0.15) is 23.9 Å². The summed E-state index contributed by atoms with van der Waals surface area (Å²) in [7, 11) is 0. The summed E-state index contributed by atoms with van der Waals surface area (Å²) in [5.41, 5.74) is 0.148. The van der Waals surface area contributed by atoms with Crippen LogP contribution in [0.15, 0.2) is 61.2 Å². The lowest BCUT2D eigenvalue weighted by atomic mass is 10.00. The smallest absolute Gasteiger partial charge is 0.460 e. The topological polar surface area (TPSA) is 61.8 Å². The fraction of sp³-hybridized carbons (Fsp3) is 0.304. The fourth-order valence-electron chi connectivity index (χ4n) is 2.59. The van der Waals surface area contributed by atoms with Crippen molar-refractivity contribution in [1.29, 1.82) is 0 Å². The highest BCUT2D eigenvalue weighted by Gasteiger charge is 2.81. The third-order valence-corrected chi connectivity index (χ3v) is 4.58. The molecular formula is C23H17F9O5. The second-order valence-corrected chi connectivity index (χ2v) is 7.31. The normalized spacial score (nSPS) is 12.6. The van der Waals surface area contributed by atoms with Gasteiger partial charge >= 0.3 is 35.9 Å². The van der Waals surface area contributed by atoms with Crippen molar-refractivity contribution in [3.8, 4) is 17.2 Å². The Balaban J connectivity index is 1.94. The van der Waals surface area contributed by atoms with Gasteiger partial charge in [0.25, 0.3) is 0 Å². The number of carbonyl (C=O) groups is 2. The highest BCUT2D eigenvalue weighted by Crippen LogP contribution is 2.54. The SMILES string of the molecule is C=CCOc1ccc(C(=O)Oc2ccc(OC(=O)CCC(F)(F)C(F)(F)C(F)(F)C(F)(F)F)cc2)cc1. The fourth-order valence-corrected chi connectivity index (χ4v) is 2.59. The number of ether oxygens (including phenoxy) is 3. The molecule has 0 heterocycles. The number of esters is 2. The van der Waals surface area contributed by atoms with Crippen LogP contribution in [0, 0.1) is 0 Å². The molecule has 5 nitrogen and oxygen atoms in total. The molecule has 202 valence electrons. The van der Waals surface area contributed by atoms with E-state index in [1.54, 1.807) is 0 Å². The lowest BCUT2D eigenvalue weighted by molar-refractivity contribution is -0.396. The number of hydrogen-bond acceptors (Lipinski definition) is 5. The first-order chi connectivity index (χ1) is 17.0. The van der Waals surface area contributed by atoms with Crippen molar-refractivity contribution in [2.75, 3.05) is 6.61 Å². The summed E-state index contributed by atoms with van der Waals surface area (Å²) >= 11 is 0. The van der Waals surface area contributed by atoms with E-state index in [2.05, 4.69) is 11.3 Å². The molecule has 0 fully saturated rings. The van der Waals surface area contributed by atoms with Gasteiger partial charge < -0.3 is 14.2 Å². The minimum absolute atomic E-state index is 0.0441. The minimum atomic E-state index is -7.04. The molecular weight excluding hydrogens is 527 g/mol. The maximum atomic E-state index is 13.5. The lowest BCUT2D eigenvalue weighted by Crippen LogP contribution is -2.60. The molecule has 0 bridgehead atoms. The first-order valence-electron chi connectivity index (χ1n) is 10.1. The molecule has 0 aromatic heterocycles. The highest BCUT2D eigenvalue weighted by atomic mass is 19.4. The molecule has 2 aromatic carbocycles. The molecule has 0 aliphatic rings. The van der Waals surface area contributed by atoms with Crippen LogP contribution in [0.3, 0.4) is 0 Å². The molecule has 0 saturated carbocycles. The number of carbonyl (C=O) groups excluding carboxylic acids is 2. The second-order valence-electron chi connectivity index (χ2n) is 7.31. The van der Waals surface area contributed by atoms with Crippen molar-refractivity contribution >= 4 is 11.9 Å². The van der Waals surface area contributed by atoms with Crippen molar-refractivity contribution in [2.45, 2.75) is 36.8 Å². The van der Waals surface area contributed by atoms with Gasteiger partial charge in [-0.1, -0.05) is 12.7 Å². The molecule has 0 atom stereocenters. The van der Waals surface area contributed by atoms with Crippen molar-refractivity contribution in [1.82, 2.24) is 0 Å². The predicted octanol–water partition coefficient (Wildman–Crippen LogP) is 6.62. The van der Waals surface area contributed by atoms with E-state index in [4.69, 9.17) is 9.47 Å². The zero-order valence-electron chi connectivity index (χ0n) is 18.5. The molecule has 0 unspecified atom stereocenters. The standard InChI is InChI=1S/C23H17F9O5/c1-2-13-35-15-5-3-14(4-6-15)19(34)37-17-9-7-16(8-10-17)36-18(33)11-12-20(24,25)21(26,27)22(28,29)23(30,31)32/h2-10H,1,11-13H2. The van der Waals surface area contributed by atoms with Gasteiger partial charge in [-0.25, -0.2) is 4.79 Å². The van der Waals surface area contributed by atoms with Crippen molar-refractivity contribution in [3.05, 3.63) is 66.7 Å². The van der Waals surface area contributed by atoms with E-state index < -0.39 is 48.7 Å². The van der Waals surface area contributed by atoms with Crippen LogP contribution in [0.25, 0.3) is 0 Å². The molecule has 2 rings (SSSR count). The maximum Gasteiger partial charge on any atom is 0.460 e. The minimum Gasteiger partial charge on any atom is -0.490 e. The molecule has 37 heavy (non-hydrogen) atoms. The monoisotopic (exact) mass is 544 g/mol. The zero-order valence-corrected chi connectivity index (χ0v) is 18.5. The summed E-state index contributed by atoms with van der Waals surface area (Å²) in [6.07, 6.45) is -9.39. The highest BCUT2D eigenvalue weighted by molar-refractivity contribution is 5.91. The Labute approximate surface area is 203 Å². The van der Waals surface area contributed by atoms with Gasteiger partial charge in [0.05, 0.1) is 12.0 Å². The van der Waals surface area contributed by atoms with Gasteiger partial charge in [0.2, 0.25) is 0 Å². The second kappa shape index (κ2) is 11.1. The van der Waals surface area contributed by atoms with E-state index in [1.807, 2.05) is 0 Å². The van der Waals surface area contributed by atoms with E-state index in [0.29, 0.717) is 5.75 Å².